The number of hydrogen-bond acceptors (Lipinski definition) is 3. The van der Waals surface area contributed by atoms with Gasteiger partial charge < -0.3 is 31.3 Å². The fourth-order valence-corrected chi connectivity index (χ4v) is 6.27. The number of likely N-dealkylation sites (N-methyl/N-ethyl adjacent to an activating group) is 1. The topological polar surface area (TPSA) is 46.5 Å². The highest BCUT2D eigenvalue weighted by molar-refractivity contribution is 5.82. The number of fused-ring (bicyclic) bond motifs is 2. The molecule has 2 saturated carbocycles. The van der Waals surface area contributed by atoms with Gasteiger partial charge in [0, 0.05) is 25.2 Å². The first kappa shape index (κ1) is 24.3. The van der Waals surface area contributed by atoms with E-state index in [0.717, 1.165) is 36.0 Å². The third-order valence-corrected chi connectivity index (χ3v) is 7.52. The van der Waals surface area contributed by atoms with Crippen molar-refractivity contribution in [1.29, 1.82) is 0 Å². The molecule has 172 valence electrons. The molecule has 1 aromatic rings. The molecule has 1 aromatic carbocycles. The molecule has 3 fully saturated rings. The van der Waals surface area contributed by atoms with Crippen LogP contribution >= 0.6 is 0 Å². The van der Waals surface area contributed by atoms with E-state index >= 15 is 0 Å². The van der Waals surface area contributed by atoms with Gasteiger partial charge in [-0.15, -0.1) is 0 Å². The van der Waals surface area contributed by atoms with Crippen molar-refractivity contribution in [2.24, 2.45) is 11.8 Å². The monoisotopic (exact) mass is 499 g/mol. The Kier molecular flexibility index (Phi) is 6.72. The molecule has 2 bridgehead atoms. The number of benzene rings is 1. The Bertz CT molecular complexity index is 835. The van der Waals surface area contributed by atoms with Crippen LogP contribution in [-0.4, -0.2) is 53.8 Å². The Morgan fingerprint density at radius 1 is 1.29 bits per heavy atom. The Morgan fingerprint density at radius 2 is 1.97 bits per heavy atom. The molecular weight excluding hydrogens is 468 g/mol. The number of esters is 1. The Morgan fingerprint density at radius 3 is 2.55 bits per heavy atom. The predicted octanol–water partition coefficient (Wildman–Crippen LogP) is 1.04. The van der Waals surface area contributed by atoms with Gasteiger partial charge in [0.05, 0.1) is 26.1 Å². The molecule has 4 rings (SSSR count). The smallest absolute Gasteiger partial charge is 0.343 e. The lowest BCUT2D eigenvalue weighted by Crippen LogP contribution is -3.00. The van der Waals surface area contributed by atoms with Crippen LogP contribution in [0, 0.1) is 11.8 Å². The number of carbonyl (C=O) groups excluding carboxylic acids is 1. The number of rotatable bonds is 6. The summed E-state index contributed by atoms with van der Waals surface area (Å²) in [5.74, 6) is -4.27. The van der Waals surface area contributed by atoms with Crippen molar-refractivity contribution < 1.29 is 44.9 Å². The Balaban J connectivity index is 0.00000272. The summed E-state index contributed by atoms with van der Waals surface area (Å²) in [6.45, 7) is 7.78. The zero-order chi connectivity index (χ0) is 21.7. The molecule has 6 atom stereocenters. The van der Waals surface area contributed by atoms with Gasteiger partial charge in [0.1, 0.15) is 6.04 Å². The van der Waals surface area contributed by atoms with E-state index in [0.29, 0.717) is 5.56 Å². The number of aliphatic hydroxyl groups is 1. The molecule has 0 amide bonds. The maximum absolute atomic E-state index is 14.0. The van der Waals surface area contributed by atoms with E-state index in [1.165, 1.54) is 0 Å². The first-order valence-electron chi connectivity index (χ1n) is 10.9. The standard InChI is InChI=1S/C24H32F2NO3.BrH/c1-16(2)14-27(3)15-17-9-10-20(27)21(17)30-22(28)24(29,18-7-5-4-6-8-18)19-11-12-23(25,26)13-19;/h4-8,17,19-21,29H,1,9-15H2,2-3H3;1H/q+1;/p-1/t17?,19-,20-,21?,24+,27?;/m1./s1. The van der Waals surface area contributed by atoms with Gasteiger partial charge in [-0.3, -0.25) is 0 Å². The summed E-state index contributed by atoms with van der Waals surface area (Å²) >= 11 is 0. The molecule has 0 spiro atoms. The Hall–Kier alpha value is -1.31. The summed E-state index contributed by atoms with van der Waals surface area (Å²) in [6, 6.07) is 8.60. The number of hydrogen-bond donors (Lipinski definition) is 1. The Labute approximate surface area is 193 Å². The zero-order valence-electron chi connectivity index (χ0n) is 18.2. The third kappa shape index (κ3) is 4.33. The second kappa shape index (κ2) is 8.56. The van der Waals surface area contributed by atoms with Crippen LogP contribution in [-0.2, 0) is 15.1 Å². The number of halogens is 3. The first-order valence-corrected chi connectivity index (χ1v) is 10.9. The average molecular weight is 500 g/mol. The van der Waals surface area contributed by atoms with Gasteiger partial charge >= 0.3 is 5.97 Å². The molecule has 2 aliphatic carbocycles. The van der Waals surface area contributed by atoms with Crippen molar-refractivity contribution in [3.8, 4) is 0 Å². The minimum absolute atomic E-state index is 0. The van der Waals surface area contributed by atoms with Crippen LogP contribution in [0.2, 0.25) is 0 Å². The van der Waals surface area contributed by atoms with E-state index in [9.17, 15) is 18.7 Å². The van der Waals surface area contributed by atoms with Crippen molar-refractivity contribution in [1.82, 2.24) is 0 Å². The van der Waals surface area contributed by atoms with Crippen LogP contribution in [0.25, 0.3) is 0 Å². The van der Waals surface area contributed by atoms with Gasteiger partial charge in [-0.25, -0.2) is 13.6 Å². The summed E-state index contributed by atoms with van der Waals surface area (Å²) in [6.07, 6.45) is 0.917. The fourth-order valence-electron chi connectivity index (χ4n) is 6.27. The second-order valence-electron chi connectivity index (χ2n) is 9.98. The molecule has 1 N–H and O–H groups in total. The van der Waals surface area contributed by atoms with Gasteiger partial charge in [-0.1, -0.05) is 36.9 Å². The van der Waals surface area contributed by atoms with Crippen molar-refractivity contribution in [3.05, 3.63) is 48.0 Å². The first-order chi connectivity index (χ1) is 14.1. The number of ether oxygens (including phenoxy) is 1. The minimum Gasteiger partial charge on any atom is -1.00 e. The lowest BCUT2D eigenvalue weighted by Gasteiger charge is -2.39. The lowest BCUT2D eigenvalue weighted by molar-refractivity contribution is -0.922. The van der Waals surface area contributed by atoms with Gasteiger partial charge in [0.25, 0.3) is 0 Å². The molecular formula is C24H32BrF2NO3. The second-order valence-corrected chi connectivity index (χ2v) is 9.98. The number of likely N-dealkylation sites (tertiary alicyclic amines) is 1. The van der Waals surface area contributed by atoms with E-state index in [4.69, 9.17) is 4.74 Å². The molecule has 1 saturated heterocycles. The molecule has 7 heteroatoms. The van der Waals surface area contributed by atoms with Crippen molar-refractivity contribution in [2.45, 2.75) is 62.7 Å². The summed E-state index contributed by atoms with van der Waals surface area (Å²) < 4.78 is 34.8. The number of nitrogens with zero attached hydrogens (tertiary/aromatic N) is 1. The van der Waals surface area contributed by atoms with Crippen LogP contribution in [0.4, 0.5) is 8.78 Å². The number of piperidine rings is 1. The lowest BCUT2D eigenvalue weighted by atomic mass is 9.80. The molecule has 31 heavy (non-hydrogen) atoms. The zero-order valence-corrected chi connectivity index (χ0v) is 19.8. The van der Waals surface area contributed by atoms with E-state index in [1.54, 1.807) is 30.3 Å². The highest BCUT2D eigenvalue weighted by Gasteiger charge is 2.60. The van der Waals surface area contributed by atoms with Crippen LogP contribution in [0.3, 0.4) is 0 Å². The molecule has 0 radical (unpaired) electrons. The highest BCUT2D eigenvalue weighted by Crippen LogP contribution is 2.50. The number of quaternary nitrogens is 1. The van der Waals surface area contributed by atoms with Crippen LogP contribution < -0.4 is 17.0 Å². The summed E-state index contributed by atoms with van der Waals surface area (Å²) in [7, 11) is 2.17. The fraction of sp³-hybridized carbons (Fsp3) is 0.625. The number of carbonyl (C=O) groups is 1. The molecule has 1 aliphatic heterocycles. The summed E-state index contributed by atoms with van der Waals surface area (Å²) in [4.78, 5) is 13.4. The molecule has 0 aromatic heterocycles. The van der Waals surface area contributed by atoms with Gasteiger partial charge in [0.15, 0.2) is 11.7 Å². The van der Waals surface area contributed by atoms with E-state index in [1.807, 2.05) is 6.92 Å². The molecule has 3 aliphatic rings. The molecule has 1 heterocycles. The summed E-state index contributed by atoms with van der Waals surface area (Å²) in [5.41, 5.74) is -0.632. The quantitative estimate of drug-likeness (QED) is 0.361. The predicted molar refractivity (Wildman–Crippen MR) is 110 cm³/mol. The van der Waals surface area contributed by atoms with Gasteiger partial charge in [-0.05, 0) is 30.9 Å². The largest absolute Gasteiger partial charge is 1.00 e. The van der Waals surface area contributed by atoms with E-state index < -0.39 is 29.8 Å². The van der Waals surface area contributed by atoms with Crippen molar-refractivity contribution in [2.75, 3.05) is 20.1 Å². The van der Waals surface area contributed by atoms with Crippen molar-refractivity contribution >= 4 is 5.97 Å². The maximum atomic E-state index is 14.0. The van der Waals surface area contributed by atoms with Crippen LogP contribution in [0.5, 0.6) is 0 Å². The van der Waals surface area contributed by atoms with E-state index in [-0.39, 0.29) is 47.9 Å². The highest BCUT2D eigenvalue weighted by atomic mass is 79.9. The van der Waals surface area contributed by atoms with Gasteiger partial charge in [0.2, 0.25) is 5.92 Å². The van der Waals surface area contributed by atoms with Crippen LogP contribution in [0.1, 0.15) is 44.6 Å². The third-order valence-electron chi connectivity index (χ3n) is 7.52. The van der Waals surface area contributed by atoms with Gasteiger partial charge in [-0.2, -0.15) is 0 Å². The van der Waals surface area contributed by atoms with E-state index in [2.05, 4.69) is 13.6 Å². The molecule has 3 unspecified atom stereocenters. The van der Waals surface area contributed by atoms with Crippen LogP contribution in [0.15, 0.2) is 42.5 Å². The van der Waals surface area contributed by atoms with Crippen molar-refractivity contribution in [3.63, 3.8) is 0 Å². The molecule has 4 nitrogen and oxygen atoms in total. The average Bonchev–Trinajstić information content (AvgIpc) is 3.31. The normalized spacial score (nSPS) is 35.3. The SMILES string of the molecule is C=C(C)C[N+]1(C)CC2CC[C@@H]1C2OC(=O)[C@](O)(c1ccccc1)[C@@H]1CCC(F)(F)C1.[Br-]. The minimum atomic E-state index is -2.86. The maximum Gasteiger partial charge on any atom is 0.343 e. The number of alkyl halides is 2. The summed E-state index contributed by atoms with van der Waals surface area (Å²) in [5, 5.41) is 11.6.